The Balaban J connectivity index is 1.58. The van der Waals surface area contributed by atoms with Gasteiger partial charge >= 0.3 is 0 Å². The van der Waals surface area contributed by atoms with E-state index in [0.29, 0.717) is 23.1 Å². The number of benzene rings is 1. The zero-order valence-electron chi connectivity index (χ0n) is 13.4. The van der Waals surface area contributed by atoms with Crippen LogP contribution >= 0.6 is 11.6 Å². The van der Waals surface area contributed by atoms with E-state index in [1.54, 1.807) is 12.1 Å². The van der Waals surface area contributed by atoms with Crippen LogP contribution in [0.15, 0.2) is 24.3 Å². The van der Waals surface area contributed by atoms with Crippen LogP contribution in [0, 0.1) is 17.3 Å². The van der Waals surface area contributed by atoms with E-state index in [2.05, 4.69) is 5.32 Å². The van der Waals surface area contributed by atoms with Gasteiger partial charge in [-0.15, -0.1) is 11.6 Å². The fourth-order valence-electron chi connectivity index (χ4n) is 5.50. The van der Waals surface area contributed by atoms with Crippen molar-refractivity contribution in [1.29, 1.82) is 0 Å². The number of alkyl halides is 1. The molecule has 2 atom stereocenters. The lowest BCUT2D eigenvalue weighted by molar-refractivity contribution is -0.138. The van der Waals surface area contributed by atoms with Crippen LogP contribution in [0.4, 0.5) is 5.69 Å². The second kappa shape index (κ2) is 5.07. The van der Waals surface area contributed by atoms with Gasteiger partial charge in [-0.2, -0.15) is 0 Å². The molecule has 4 aliphatic carbocycles. The van der Waals surface area contributed by atoms with Crippen molar-refractivity contribution in [2.24, 2.45) is 17.3 Å². The molecule has 0 aliphatic heterocycles. The second-order valence-electron chi connectivity index (χ2n) is 7.98. The molecule has 0 unspecified atom stereocenters. The van der Waals surface area contributed by atoms with E-state index < -0.39 is 0 Å². The van der Waals surface area contributed by atoms with Gasteiger partial charge < -0.3 is 5.32 Å². The number of hydrogen-bond donors (Lipinski definition) is 1. The highest BCUT2D eigenvalue weighted by atomic mass is 35.5. The first-order valence-corrected chi connectivity index (χ1v) is 8.87. The van der Waals surface area contributed by atoms with Crippen LogP contribution in [0.5, 0.6) is 0 Å². The molecule has 4 bridgehead atoms. The molecule has 1 amide bonds. The van der Waals surface area contributed by atoms with E-state index >= 15 is 0 Å². The predicted octanol–water partition coefficient (Wildman–Crippen LogP) is 4.41. The van der Waals surface area contributed by atoms with Crippen LogP contribution < -0.4 is 5.32 Å². The van der Waals surface area contributed by atoms with E-state index in [0.717, 1.165) is 32.1 Å². The third kappa shape index (κ3) is 2.59. The number of halogens is 1. The number of ketones is 1. The van der Waals surface area contributed by atoms with Crippen LogP contribution in [0.1, 0.15) is 55.8 Å². The molecule has 4 saturated carbocycles. The summed E-state index contributed by atoms with van der Waals surface area (Å²) in [6.07, 6.45) is 6.11. The fraction of sp³-hybridized carbons (Fsp3) is 0.579. The molecule has 5 rings (SSSR count). The first-order valence-electron chi connectivity index (χ1n) is 8.49. The largest absolute Gasteiger partial charge is 0.326 e. The lowest BCUT2D eigenvalue weighted by Crippen LogP contribution is -2.57. The minimum absolute atomic E-state index is 0.00983. The topological polar surface area (TPSA) is 46.2 Å². The van der Waals surface area contributed by atoms with Crippen LogP contribution in [0.25, 0.3) is 0 Å². The van der Waals surface area contributed by atoms with E-state index in [9.17, 15) is 9.59 Å². The lowest BCUT2D eigenvalue weighted by Gasteiger charge is -2.59. The van der Waals surface area contributed by atoms with E-state index in [1.807, 2.05) is 12.1 Å². The molecule has 1 aromatic carbocycles. The molecule has 0 radical (unpaired) electrons. The Morgan fingerprint density at radius 2 is 1.87 bits per heavy atom. The molecule has 4 heteroatoms. The maximum Gasteiger partial charge on any atom is 0.230 e. The molecule has 1 N–H and O–H groups in total. The van der Waals surface area contributed by atoms with Crippen molar-refractivity contribution < 1.29 is 9.59 Å². The van der Waals surface area contributed by atoms with Gasteiger partial charge in [-0.25, -0.2) is 0 Å². The van der Waals surface area contributed by atoms with Crippen molar-refractivity contribution >= 4 is 29.0 Å². The smallest absolute Gasteiger partial charge is 0.230 e. The number of rotatable bonds is 3. The molecular weight excluding hydrogens is 310 g/mol. The van der Waals surface area contributed by atoms with Gasteiger partial charge in [-0.1, -0.05) is 12.1 Å². The lowest BCUT2D eigenvalue weighted by atomic mass is 9.49. The standard InChI is InChI=1S/C19H22ClNO2/c1-12(22)15-3-2-4-16(6-15)21-17(23)18-7-13-5-14(8-18)10-19(20,9-13)11-18/h2-4,6,13-14H,5,7-11H2,1H3,(H,21,23)/t13-,14-,18?,19?/m1/s1. The quantitative estimate of drug-likeness (QED) is 0.659. The van der Waals surface area contributed by atoms with Gasteiger partial charge in [0.2, 0.25) is 5.91 Å². The van der Waals surface area contributed by atoms with E-state index in [-0.39, 0.29) is 22.0 Å². The minimum atomic E-state index is -0.307. The molecule has 4 fully saturated rings. The minimum Gasteiger partial charge on any atom is -0.326 e. The third-order valence-corrected chi connectivity index (χ3v) is 6.44. The highest BCUT2D eigenvalue weighted by Crippen LogP contribution is 2.64. The Morgan fingerprint density at radius 1 is 1.17 bits per heavy atom. The first-order chi connectivity index (χ1) is 10.9. The number of hydrogen-bond acceptors (Lipinski definition) is 2. The average Bonchev–Trinajstić information content (AvgIpc) is 2.44. The van der Waals surface area contributed by atoms with Gasteiger partial charge in [0.25, 0.3) is 0 Å². The first kappa shape index (κ1) is 15.2. The monoisotopic (exact) mass is 331 g/mol. The number of anilines is 1. The van der Waals surface area contributed by atoms with Gasteiger partial charge in [-0.05, 0) is 69.4 Å². The van der Waals surface area contributed by atoms with Crippen LogP contribution in [-0.4, -0.2) is 16.6 Å². The van der Waals surface area contributed by atoms with Crippen molar-refractivity contribution in [1.82, 2.24) is 0 Å². The maximum atomic E-state index is 13.0. The normalized spacial score (nSPS) is 37.7. The molecular formula is C19H22ClNO2. The molecule has 23 heavy (non-hydrogen) atoms. The van der Waals surface area contributed by atoms with Gasteiger partial charge in [0.15, 0.2) is 5.78 Å². The van der Waals surface area contributed by atoms with Crippen molar-refractivity contribution in [2.75, 3.05) is 5.32 Å². The van der Waals surface area contributed by atoms with E-state index in [1.165, 1.54) is 13.3 Å². The molecule has 1 aromatic rings. The Kier molecular flexibility index (Phi) is 3.35. The number of Topliss-reactive ketones (excluding diaryl/α,β-unsaturated/α-hetero) is 1. The number of carbonyl (C=O) groups excluding carboxylic acids is 2. The van der Waals surface area contributed by atoms with Crippen molar-refractivity contribution in [3.63, 3.8) is 0 Å². The second-order valence-corrected chi connectivity index (χ2v) is 8.79. The highest BCUT2D eigenvalue weighted by Gasteiger charge is 2.60. The molecule has 0 spiro atoms. The highest BCUT2D eigenvalue weighted by molar-refractivity contribution is 6.24. The summed E-state index contributed by atoms with van der Waals surface area (Å²) in [5.74, 6) is 1.30. The summed E-state index contributed by atoms with van der Waals surface area (Å²) in [5, 5.41) is 3.06. The number of amides is 1. The Bertz CT molecular complexity index is 670. The summed E-state index contributed by atoms with van der Waals surface area (Å²) < 4.78 is 0. The summed E-state index contributed by atoms with van der Waals surface area (Å²) in [6.45, 7) is 1.54. The number of nitrogens with one attached hydrogen (secondary N) is 1. The zero-order chi connectivity index (χ0) is 16.2. The molecule has 3 nitrogen and oxygen atoms in total. The van der Waals surface area contributed by atoms with Gasteiger partial charge in [0.1, 0.15) is 0 Å². The van der Waals surface area contributed by atoms with Gasteiger partial charge in [-0.3, -0.25) is 9.59 Å². The van der Waals surface area contributed by atoms with Crippen LogP contribution in [0.3, 0.4) is 0 Å². The molecule has 0 heterocycles. The molecule has 4 aliphatic rings. The van der Waals surface area contributed by atoms with Gasteiger partial charge in [0, 0.05) is 16.1 Å². The SMILES string of the molecule is CC(=O)c1cccc(NC(=O)C23C[C@H]4C[C@@H](CC(Cl)(C4)C2)C3)c1. The summed E-state index contributed by atoms with van der Waals surface area (Å²) in [4.78, 5) is 24.4. The van der Waals surface area contributed by atoms with Gasteiger partial charge in [0.05, 0.1) is 5.41 Å². The Morgan fingerprint density at radius 3 is 2.48 bits per heavy atom. The molecule has 0 aromatic heterocycles. The summed E-state index contributed by atoms with van der Waals surface area (Å²) >= 11 is 6.81. The Labute approximate surface area is 141 Å². The average molecular weight is 332 g/mol. The van der Waals surface area contributed by atoms with E-state index in [4.69, 9.17) is 11.6 Å². The predicted molar refractivity (Wildman–Crippen MR) is 90.8 cm³/mol. The van der Waals surface area contributed by atoms with Crippen LogP contribution in [-0.2, 0) is 4.79 Å². The van der Waals surface area contributed by atoms with Crippen LogP contribution in [0.2, 0.25) is 0 Å². The fourth-order valence-corrected chi connectivity index (χ4v) is 6.19. The molecule has 0 saturated heterocycles. The van der Waals surface area contributed by atoms with Crippen molar-refractivity contribution in [3.8, 4) is 0 Å². The van der Waals surface area contributed by atoms with Crippen molar-refractivity contribution in [3.05, 3.63) is 29.8 Å². The Hall–Kier alpha value is -1.35. The number of carbonyl (C=O) groups is 2. The van der Waals surface area contributed by atoms with Crippen molar-refractivity contribution in [2.45, 2.75) is 50.3 Å². The summed E-state index contributed by atoms with van der Waals surface area (Å²) in [6, 6.07) is 7.20. The maximum absolute atomic E-state index is 13.0. The summed E-state index contributed by atoms with van der Waals surface area (Å²) in [7, 11) is 0. The zero-order valence-corrected chi connectivity index (χ0v) is 14.2. The molecule has 122 valence electrons. The third-order valence-electron chi connectivity index (χ3n) is 6.00. The summed E-state index contributed by atoms with van der Waals surface area (Å²) in [5.41, 5.74) is 1.03.